The Morgan fingerprint density at radius 3 is 2.32 bits per heavy atom. The molecule has 1 aromatic carbocycles. The van der Waals surface area contributed by atoms with Gasteiger partial charge in [0.2, 0.25) is 15.9 Å². The molecule has 1 unspecified atom stereocenters. The minimum atomic E-state index is -4.39. The highest BCUT2D eigenvalue weighted by molar-refractivity contribution is 7.89. The van der Waals surface area contributed by atoms with Gasteiger partial charge in [0.05, 0.1) is 9.95 Å². The van der Waals surface area contributed by atoms with E-state index in [1.54, 1.807) is 13.8 Å². The molecule has 0 aliphatic heterocycles. The lowest BCUT2D eigenvalue weighted by Crippen LogP contribution is -2.47. The van der Waals surface area contributed by atoms with Gasteiger partial charge in [-0.15, -0.1) is 0 Å². The van der Waals surface area contributed by atoms with E-state index in [1.807, 2.05) is 0 Å². The van der Waals surface area contributed by atoms with E-state index in [2.05, 4.69) is 4.72 Å². The van der Waals surface area contributed by atoms with Gasteiger partial charge in [-0.25, -0.2) is 8.42 Å². The first-order valence-corrected chi connectivity index (χ1v) is 8.17. The number of primary amides is 1. The molecule has 0 fully saturated rings. The Balaban J connectivity index is 3.43. The van der Waals surface area contributed by atoms with Crippen molar-refractivity contribution in [2.45, 2.75) is 24.8 Å². The van der Waals surface area contributed by atoms with Gasteiger partial charge in [-0.3, -0.25) is 14.9 Å². The van der Waals surface area contributed by atoms with Gasteiger partial charge in [0.15, 0.2) is 0 Å². The Hall–Kier alpha value is -1.42. The number of carbonyl (C=O) groups excluding carboxylic acids is 1. The fraction of sp³-hybridized carbons (Fsp3) is 0.364. The fourth-order valence-corrected chi connectivity index (χ4v) is 4.21. The first-order chi connectivity index (χ1) is 9.99. The average Bonchev–Trinajstić information content (AvgIpc) is 2.34. The summed E-state index contributed by atoms with van der Waals surface area (Å²) >= 11 is 11.6. The van der Waals surface area contributed by atoms with Crippen molar-refractivity contribution in [3.8, 4) is 0 Å². The van der Waals surface area contributed by atoms with Crippen LogP contribution in [0.3, 0.4) is 0 Å². The highest BCUT2D eigenvalue weighted by Gasteiger charge is 2.32. The van der Waals surface area contributed by atoms with E-state index in [0.29, 0.717) is 0 Å². The van der Waals surface area contributed by atoms with Crippen molar-refractivity contribution in [3.63, 3.8) is 0 Å². The lowest BCUT2D eigenvalue weighted by atomic mass is 10.1. The van der Waals surface area contributed by atoms with Crippen LogP contribution in [0.15, 0.2) is 17.0 Å². The maximum Gasteiger partial charge on any atom is 0.289 e. The third-order valence-corrected chi connectivity index (χ3v) is 5.20. The summed E-state index contributed by atoms with van der Waals surface area (Å²) in [5, 5.41) is 9.89. The molecule has 0 saturated carbocycles. The Morgan fingerprint density at radius 2 is 1.91 bits per heavy atom. The normalized spacial score (nSPS) is 13.1. The number of nitrogens with one attached hydrogen (secondary N) is 1. The minimum Gasteiger partial charge on any atom is -0.368 e. The molecular weight excluding hydrogens is 357 g/mol. The molecule has 0 spiro atoms. The molecule has 0 aromatic heterocycles. The largest absolute Gasteiger partial charge is 0.368 e. The number of sulfonamides is 1. The van der Waals surface area contributed by atoms with E-state index in [9.17, 15) is 23.3 Å². The highest BCUT2D eigenvalue weighted by atomic mass is 35.5. The predicted molar refractivity (Wildman–Crippen MR) is 81.3 cm³/mol. The van der Waals surface area contributed by atoms with Crippen molar-refractivity contribution in [1.82, 2.24) is 4.72 Å². The van der Waals surface area contributed by atoms with Crippen molar-refractivity contribution in [2.75, 3.05) is 0 Å². The van der Waals surface area contributed by atoms with Gasteiger partial charge in [0, 0.05) is 6.07 Å². The zero-order chi connectivity index (χ0) is 17.2. The van der Waals surface area contributed by atoms with Crippen molar-refractivity contribution in [2.24, 2.45) is 11.7 Å². The average molecular weight is 370 g/mol. The number of hydrogen-bond acceptors (Lipinski definition) is 5. The summed E-state index contributed by atoms with van der Waals surface area (Å²) in [6.45, 7) is 3.16. The lowest BCUT2D eigenvalue weighted by Gasteiger charge is -2.19. The molecule has 0 aliphatic rings. The van der Waals surface area contributed by atoms with Crippen LogP contribution in [0.25, 0.3) is 0 Å². The Morgan fingerprint density at radius 1 is 1.36 bits per heavy atom. The van der Waals surface area contributed by atoms with Crippen LogP contribution in [0.5, 0.6) is 0 Å². The summed E-state index contributed by atoms with van der Waals surface area (Å²) in [5.41, 5.74) is 4.52. The molecule has 0 saturated heterocycles. The quantitative estimate of drug-likeness (QED) is 0.581. The number of rotatable bonds is 6. The number of hydrogen-bond donors (Lipinski definition) is 2. The molecule has 1 rings (SSSR count). The lowest BCUT2D eigenvalue weighted by molar-refractivity contribution is -0.384. The molecule has 1 atom stereocenters. The maximum atomic E-state index is 12.4. The maximum absolute atomic E-state index is 12.4. The smallest absolute Gasteiger partial charge is 0.289 e. The molecule has 1 amide bonds. The summed E-state index contributed by atoms with van der Waals surface area (Å²) < 4.78 is 26.8. The molecule has 0 heterocycles. The van der Waals surface area contributed by atoms with Gasteiger partial charge in [-0.05, 0) is 12.0 Å². The van der Waals surface area contributed by atoms with Crippen LogP contribution in [-0.4, -0.2) is 25.3 Å². The summed E-state index contributed by atoms with van der Waals surface area (Å²) in [6, 6.07) is 0.809. The third kappa shape index (κ3) is 3.86. The monoisotopic (exact) mass is 369 g/mol. The number of halogens is 2. The molecular formula is C11H13Cl2N3O5S. The van der Waals surface area contributed by atoms with E-state index in [4.69, 9.17) is 28.9 Å². The molecule has 0 radical (unpaired) electrons. The molecule has 22 heavy (non-hydrogen) atoms. The summed E-state index contributed by atoms with van der Waals surface area (Å²) in [6.07, 6.45) is 0. The van der Waals surface area contributed by atoms with Crippen molar-refractivity contribution >= 4 is 44.8 Å². The van der Waals surface area contributed by atoms with Crippen LogP contribution < -0.4 is 10.5 Å². The van der Waals surface area contributed by atoms with Gasteiger partial charge < -0.3 is 5.73 Å². The second-order valence-electron chi connectivity index (χ2n) is 4.71. The molecule has 1 aromatic rings. The molecule has 8 nitrogen and oxygen atoms in total. The summed E-state index contributed by atoms with van der Waals surface area (Å²) in [7, 11) is -4.39. The van der Waals surface area contributed by atoms with E-state index in [-0.39, 0.29) is 5.02 Å². The van der Waals surface area contributed by atoms with Crippen LogP contribution in [0.2, 0.25) is 10.0 Å². The van der Waals surface area contributed by atoms with E-state index in [1.165, 1.54) is 0 Å². The van der Waals surface area contributed by atoms with E-state index in [0.717, 1.165) is 12.1 Å². The van der Waals surface area contributed by atoms with Crippen LogP contribution in [0.1, 0.15) is 13.8 Å². The number of amides is 1. The first kappa shape index (κ1) is 18.6. The standard InChI is InChI=1S/C11H13Cl2N3O5S/c1-5(2)9(11(14)17)15-22(20,21)10-6(12)3-4-7(8(10)13)16(18)19/h3-5,9,15H,1-2H3,(H2,14,17). The Bertz CT molecular complexity index is 721. The van der Waals surface area contributed by atoms with Crippen LogP contribution in [0.4, 0.5) is 5.69 Å². The number of benzene rings is 1. The summed E-state index contributed by atoms with van der Waals surface area (Å²) in [5.74, 6) is -1.33. The SMILES string of the molecule is CC(C)C(NS(=O)(=O)c1c(Cl)ccc([N+](=O)[O-])c1Cl)C(N)=O. The topological polar surface area (TPSA) is 132 Å². The highest BCUT2D eigenvalue weighted by Crippen LogP contribution is 2.36. The van der Waals surface area contributed by atoms with Gasteiger partial charge >= 0.3 is 0 Å². The molecule has 3 N–H and O–H groups in total. The molecule has 122 valence electrons. The van der Waals surface area contributed by atoms with Gasteiger partial charge in [-0.1, -0.05) is 37.0 Å². The second-order valence-corrected chi connectivity index (χ2v) is 7.15. The predicted octanol–water partition coefficient (Wildman–Crippen LogP) is 1.69. The second kappa shape index (κ2) is 6.78. The number of nitrogens with two attached hydrogens (primary N) is 1. The number of nitro benzene ring substituents is 1. The fourth-order valence-electron chi connectivity index (χ4n) is 1.66. The number of carbonyl (C=O) groups is 1. The molecule has 0 aliphatic carbocycles. The zero-order valence-corrected chi connectivity index (χ0v) is 13.9. The van der Waals surface area contributed by atoms with Crippen molar-refractivity contribution in [1.29, 1.82) is 0 Å². The van der Waals surface area contributed by atoms with Crippen molar-refractivity contribution < 1.29 is 18.1 Å². The molecule has 11 heteroatoms. The number of nitrogens with zero attached hydrogens (tertiary/aromatic N) is 1. The Kier molecular flexibility index (Phi) is 5.74. The zero-order valence-electron chi connectivity index (χ0n) is 11.5. The van der Waals surface area contributed by atoms with E-state index < -0.39 is 48.4 Å². The van der Waals surface area contributed by atoms with E-state index >= 15 is 0 Å². The first-order valence-electron chi connectivity index (χ1n) is 5.93. The van der Waals surface area contributed by atoms with Gasteiger partial charge in [0.25, 0.3) is 5.69 Å². The summed E-state index contributed by atoms with van der Waals surface area (Å²) in [4.78, 5) is 20.6. The number of nitro groups is 1. The van der Waals surface area contributed by atoms with Crippen LogP contribution in [-0.2, 0) is 14.8 Å². The molecule has 0 bridgehead atoms. The van der Waals surface area contributed by atoms with Gasteiger partial charge in [0.1, 0.15) is 16.0 Å². The van der Waals surface area contributed by atoms with Crippen LogP contribution in [0, 0.1) is 16.0 Å². The van der Waals surface area contributed by atoms with Crippen molar-refractivity contribution in [3.05, 3.63) is 32.3 Å². The Labute approximate surface area is 136 Å². The van der Waals surface area contributed by atoms with Gasteiger partial charge in [-0.2, -0.15) is 4.72 Å². The van der Waals surface area contributed by atoms with Crippen LogP contribution >= 0.6 is 23.2 Å². The third-order valence-electron chi connectivity index (χ3n) is 2.75. The minimum absolute atomic E-state index is 0.310.